The molecule has 21 heavy (non-hydrogen) atoms. The number of hydrogen-bond acceptors (Lipinski definition) is 3. The fourth-order valence-corrected chi connectivity index (χ4v) is 2.87. The highest BCUT2D eigenvalue weighted by Gasteiger charge is 2.32. The molecule has 1 aliphatic rings. The molecular weight excluding hydrogens is 311 g/mol. The van der Waals surface area contributed by atoms with Gasteiger partial charge in [0.2, 0.25) is 0 Å². The smallest absolute Gasteiger partial charge is 0.407 e. The van der Waals surface area contributed by atoms with Gasteiger partial charge in [-0.15, -0.1) is 0 Å². The van der Waals surface area contributed by atoms with E-state index in [1.54, 1.807) is 6.07 Å². The average molecular weight is 331 g/mol. The second-order valence-electron chi connectivity index (χ2n) is 6.16. The third-order valence-electron chi connectivity index (χ3n) is 3.30. The number of ether oxygens (including phenoxy) is 1. The van der Waals surface area contributed by atoms with Crippen molar-refractivity contribution in [1.29, 1.82) is 0 Å². The molecule has 2 atom stereocenters. The minimum atomic E-state index is -0.515. The Labute approximate surface area is 135 Å². The van der Waals surface area contributed by atoms with E-state index < -0.39 is 11.7 Å². The molecule has 4 nitrogen and oxygen atoms in total. The first-order chi connectivity index (χ1) is 9.78. The highest BCUT2D eigenvalue weighted by atomic mass is 35.5. The Balaban J connectivity index is 2.10. The Morgan fingerprint density at radius 3 is 2.71 bits per heavy atom. The van der Waals surface area contributed by atoms with E-state index in [4.69, 9.17) is 27.9 Å². The summed E-state index contributed by atoms with van der Waals surface area (Å²) in [5.41, 5.74) is 0.425. The summed E-state index contributed by atoms with van der Waals surface area (Å²) in [6.45, 7) is 6.92. The molecule has 1 aromatic carbocycles. The van der Waals surface area contributed by atoms with Gasteiger partial charge in [-0.2, -0.15) is 0 Å². The Morgan fingerprint density at radius 2 is 2.05 bits per heavy atom. The molecule has 116 valence electrons. The standard InChI is InChI=1S/C15H20Cl2N2O2/c1-15(2,3)21-14(20)19-12-8-18-7-10(12)9-5-4-6-11(16)13(9)17/h4-6,10,12,18H,7-8H2,1-3H3,(H,19,20)/t10-,12+/m0/s1. The molecule has 0 bridgehead atoms. The number of halogens is 2. The lowest BCUT2D eigenvalue weighted by Crippen LogP contribution is -2.42. The van der Waals surface area contributed by atoms with Crippen molar-refractivity contribution in [1.82, 2.24) is 10.6 Å². The van der Waals surface area contributed by atoms with Gasteiger partial charge in [-0.05, 0) is 32.4 Å². The molecule has 0 unspecified atom stereocenters. The molecule has 1 fully saturated rings. The van der Waals surface area contributed by atoms with Gasteiger partial charge >= 0.3 is 6.09 Å². The van der Waals surface area contributed by atoms with E-state index in [0.29, 0.717) is 16.6 Å². The molecule has 1 aromatic rings. The zero-order chi connectivity index (χ0) is 15.6. The van der Waals surface area contributed by atoms with Crippen molar-refractivity contribution < 1.29 is 9.53 Å². The number of amides is 1. The number of carbonyl (C=O) groups is 1. The van der Waals surface area contributed by atoms with Crippen LogP contribution in [0.2, 0.25) is 10.0 Å². The minimum Gasteiger partial charge on any atom is -0.444 e. The largest absolute Gasteiger partial charge is 0.444 e. The van der Waals surface area contributed by atoms with E-state index in [1.807, 2.05) is 32.9 Å². The molecule has 1 heterocycles. The maximum absolute atomic E-state index is 11.9. The van der Waals surface area contributed by atoms with E-state index in [-0.39, 0.29) is 12.0 Å². The van der Waals surface area contributed by atoms with Gasteiger partial charge in [0, 0.05) is 19.0 Å². The molecule has 0 aliphatic carbocycles. The van der Waals surface area contributed by atoms with Crippen molar-refractivity contribution in [3.05, 3.63) is 33.8 Å². The third kappa shape index (κ3) is 4.25. The van der Waals surface area contributed by atoms with Crippen LogP contribution in [0.5, 0.6) is 0 Å². The van der Waals surface area contributed by atoms with E-state index in [2.05, 4.69) is 10.6 Å². The second-order valence-corrected chi connectivity index (χ2v) is 6.95. The summed E-state index contributed by atoms with van der Waals surface area (Å²) >= 11 is 12.3. The lowest BCUT2D eigenvalue weighted by Gasteiger charge is -2.25. The summed E-state index contributed by atoms with van der Waals surface area (Å²) < 4.78 is 5.30. The lowest BCUT2D eigenvalue weighted by atomic mass is 9.94. The monoisotopic (exact) mass is 330 g/mol. The molecule has 0 saturated carbocycles. The van der Waals surface area contributed by atoms with Gasteiger partial charge in [0.15, 0.2) is 0 Å². The van der Waals surface area contributed by atoms with Crippen LogP contribution in [-0.2, 0) is 4.74 Å². The highest BCUT2D eigenvalue weighted by Crippen LogP contribution is 2.33. The number of nitrogens with one attached hydrogen (secondary N) is 2. The predicted molar refractivity (Wildman–Crippen MR) is 85.2 cm³/mol. The summed E-state index contributed by atoms with van der Waals surface area (Å²) in [6, 6.07) is 5.49. The van der Waals surface area contributed by atoms with Crippen LogP contribution in [0.1, 0.15) is 32.3 Å². The Morgan fingerprint density at radius 1 is 1.33 bits per heavy atom. The first-order valence-corrected chi connectivity index (χ1v) is 7.67. The number of carbonyl (C=O) groups excluding carboxylic acids is 1. The van der Waals surface area contributed by atoms with Crippen molar-refractivity contribution in [2.75, 3.05) is 13.1 Å². The van der Waals surface area contributed by atoms with Gasteiger partial charge in [-0.1, -0.05) is 35.3 Å². The molecule has 2 rings (SSSR count). The van der Waals surface area contributed by atoms with Crippen LogP contribution in [0, 0.1) is 0 Å². The SMILES string of the molecule is CC(C)(C)OC(=O)N[C@@H]1CNC[C@H]1c1cccc(Cl)c1Cl. The first-order valence-electron chi connectivity index (χ1n) is 6.92. The van der Waals surface area contributed by atoms with Gasteiger partial charge in [0.1, 0.15) is 5.60 Å². The fourth-order valence-electron chi connectivity index (χ4n) is 2.42. The van der Waals surface area contributed by atoms with E-state index in [1.165, 1.54) is 0 Å². The Kier molecular flexibility index (Phi) is 5.02. The van der Waals surface area contributed by atoms with Crippen molar-refractivity contribution in [2.45, 2.75) is 38.3 Å². The number of rotatable bonds is 2. The summed E-state index contributed by atoms with van der Waals surface area (Å²) in [5.74, 6) is 0.0729. The van der Waals surface area contributed by atoms with Crippen LogP contribution in [0.15, 0.2) is 18.2 Å². The Bertz CT molecular complexity index is 529. The summed E-state index contributed by atoms with van der Waals surface area (Å²) in [6.07, 6.45) is -0.417. The van der Waals surface area contributed by atoms with Crippen LogP contribution < -0.4 is 10.6 Å². The van der Waals surface area contributed by atoms with Gasteiger partial charge < -0.3 is 15.4 Å². The van der Waals surface area contributed by atoms with Crippen LogP contribution in [-0.4, -0.2) is 30.8 Å². The number of benzene rings is 1. The maximum Gasteiger partial charge on any atom is 0.407 e. The Hall–Kier alpha value is -0.970. The van der Waals surface area contributed by atoms with Crippen molar-refractivity contribution in [3.63, 3.8) is 0 Å². The quantitative estimate of drug-likeness (QED) is 0.871. The van der Waals surface area contributed by atoms with Gasteiger partial charge in [-0.3, -0.25) is 0 Å². The summed E-state index contributed by atoms with van der Waals surface area (Å²) in [4.78, 5) is 11.9. The fraction of sp³-hybridized carbons (Fsp3) is 0.533. The van der Waals surface area contributed by atoms with Crippen LogP contribution in [0.3, 0.4) is 0 Å². The van der Waals surface area contributed by atoms with Crippen LogP contribution in [0.4, 0.5) is 4.79 Å². The van der Waals surface area contributed by atoms with Gasteiger partial charge in [0.25, 0.3) is 0 Å². The van der Waals surface area contributed by atoms with E-state index >= 15 is 0 Å². The van der Waals surface area contributed by atoms with Crippen LogP contribution >= 0.6 is 23.2 Å². The molecule has 1 amide bonds. The topological polar surface area (TPSA) is 50.4 Å². The van der Waals surface area contributed by atoms with Crippen LogP contribution in [0.25, 0.3) is 0 Å². The molecule has 0 spiro atoms. The average Bonchev–Trinajstić information content (AvgIpc) is 2.78. The van der Waals surface area contributed by atoms with E-state index in [0.717, 1.165) is 12.1 Å². The molecule has 0 radical (unpaired) electrons. The summed E-state index contributed by atoms with van der Waals surface area (Å²) in [7, 11) is 0. The minimum absolute atomic E-state index is 0.0729. The third-order valence-corrected chi connectivity index (χ3v) is 4.13. The molecule has 1 saturated heterocycles. The first kappa shape index (κ1) is 16.4. The predicted octanol–water partition coefficient (Wildman–Crippen LogP) is 3.57. The van der Waals surface area contributed by atoms with E-state index in [9.17, 15) is 4.79 Å². The second kappa shape index (κ2) is 6.42. The van der Waals surface area contributed by atoms with Crippen molar-refractivity contribution >= 4 is 29.3 Å². The number of alkyl carbamates (subject to hydrolysis) is 1. The molecule has 6 heteroatoms. The zero-order valence-electron chi connectivity index (χ0n) is 12.4. The lowest BCUT2D eigenvalue weighted by molar-refractivity contribution is 0.0504. The zero-order valence-corrected chi connectivity index (χ0v) is 13.9. The highest BCUT2D eigenvalue weighted by molar-refractivity contribution is 6.42. The van der Waals surface area contributed by atoms with Crippen molar-refractivity contribution in [2.24, 2.45) is 0 Å². The normalized spacial score (nSPS) is 22.1. The molecule has 0 aromatic heterocycles. The van der Waals surface area contributed by atoms with Gasteiger partial charge in [0.05, 0.1) is 16.1 Å². The molecule has 2 N–H and O–H groups in total. The molecular formula is C15H20Cl2N2O2. The van der Waals surface area contributed by atoms with Crippen molar-refractivity contribution in [3.8, 4) is 0 Å². The maximum atomic E-state index is 11.9. The number of hydrogen-bond donors (Lipinski definition) is 2. The van der Waals surface area contributed by atoms with Gasteiger partial charge in [-0.25, -0.2) is 4.79 Å². The summed E-state index contributed by atoms with van der Waals surface area (Å²) in [5, 5.41) is 7.24. The molecule has 1 aliphatic heterocycles.